The molecule has 0 aliphatic heterocycles. The van der Waals surface area contributed by atoms with Crippen molar-refractivity contribution in [3.05, 3.63) is 54.6 Å². The largest absolute Gasteiger partial charge is 0.227 e. The lowest BCUT2D eigenvalue weighted by atomic mass is 10.1. The molecule has 0 N–H and O–H groups in total. The molecule has 0 bridgehead atoms. The second-order valence-electron chi connectivity index (χ2n) is 3.09. The minimum atomic E-state index is -2.48. The van der Waals surface area contributed by atoms with Crippen LogP contribution < -0.4 is 0 Å². The Hall–Kier alpha value is -1.61. The fraction of sp³-hybridized carbons (Fsp3) is 0. The molecule has 0 aromatic heterocycles. The molecule has 2 aromatic carbocycles. The third-order valence-corrected chi connectivity index (χ3v) is 2.85. The molecule has 0 saturated heterocycles. The van der Waals surface area contributed by atoms with Crippen molar-refractivity contribution in [3.63, 3.8) is 0 Å². The molecule has 0 unspecified atom stereocenters. The molecule has 0 heterocycles. The molecule has 0 spiro atoms. The number of hydrogen-bond donors (Lipinski definition) is 1. The van der Waals surface area contributed by atoms with Gasteiger partial charge in [0.1, 0.15) is 0 Å². The van der Waals surface area contributed by atoms with Crippen LogP contribution in [0.15, 0.2) is 53.4 Å². The Labute approximate surface area is 90.1 Å². The third kappa shape index (κ3) is 2.25. The summed E-state index contributed by atoms with van der Waals surface area (Å²) in [6.07, 6.45) is 0. The summed E-state index contributed by atoms with van der Waals surface area (Å²) in [4.78, 5) is 0.344. The van der Waals surface area contributed by atoms with Gasteiger partial charge in [-0.1, -0.05) is 36.4 Å². The van der Waals surface area contributed by atoms with Gasteiger partial charge in [-0.15, -0.1) is 0 Å². The quantitative estimate of drug-likeness (QED) is 0.782. The van der Waals surface area contributed by atoms with Gasteiger partial charge in [0.2, 0.25) is 0 Å². The van der Waals surface area contributed by atoms with E-state index in [9.17, 15) is 8.42 Å². The van der Waals surface area contributed by atoms with E-state index < -0.39 is 10.7 Å². The Kier molecular flexibility index (Phi) is 2.83. The predicted octanol–water partition coefficient (Wildman–Crippen LogP) is 2.12. The molecule has 2 aromatic rings. The van der Waals surface area contributed by atoms with E-state index in [1.807, 2.05) is 24.3 Å². The van der Waals surface area contributed by atoms with Crippen LogP contribution in [-0.4, -0.2) is 8.42 Å². The Morgan fingerprint density at radius 2 is 1.33 bits per heavy atom. The van der Waals surface area contributed by atoms with Gasteiger partial charge < -0.3 is 0 Å². The molecular formula is C12H9O2S. The number of rotatable bonds is 2. The third-order valence-electron chi connectivity index (χ3n) is 2.13. The molecular weight excluding hydrogens is 208 g/mol. The number of benzene rings is 2. The molecule has 0 aliphatic rings. The van der Waals surface area contributed by atoms with E-state index in [0.29, 0.717) is 4.90 Å². The van der Waals surface area contributed by atoms with E-state index in [1.165, 1.54) is 0 Å². The van der Waals surface area contributed by atoms with E-state index >= 15 is 0 Å². The van der Waals surface area contributed by atoms with Crippen LogP contribution in [0.25, 0.3) is 11.1 Å². The van der Waals surface area contributed by atoms with E-state index in [1.54, 1.807) is 24.3 Å². The molecule has 0 fully saturated rings. The molecule has 0 aliphatic carbocycles. The summed E-state index contributed by atoms with van der Waals surface area (Å²) in [6, 6.07) is 17.3. The molecule has 3 heteroatoms. The van der Waals surface area contributed by atoms with Crippen LogP contribution >= 0.6 is 0 Å². The van der Waals surface area contributed by atoms with Crippen molar-refractivity contribution in [1.82, 2.24) is 0 Å². The van der Waals surface area contributed by atoms with E-state index in [0.717, 1.165) is 11.1 Å². The number of hydrogen-bond acceptors (Lipinski definition) is 2. The van der Waals surface area contributed by atoms with Crippen LogP contribution in [0.2, 0.25) is 0 Å². The summed E-state index contributed by atoms with van der Waals surface area (Å²) < 4.78 is 21.4. The first-order valence-corrected chi connectivity index (χ1v) is 5.66. The first-order chi connectivity index (χ1) is 7.27. The summed E-state index contributed by atoms with van der Waals surface area (Å²) in [7, 11) is -2.48. The fourth-order valence-corrected chi connectivity index (χ4v) is 1.75. The Morgan fingerprint density at radius 1 is 0.800 bits per heavy atom. The van der Waals surface area contributed by atoms with Gasteiger partial charge >= 0.3 is 0 Å². The highest BCUT2D eigenvalue weighted by Crippen LogP contribution is 2.19. The minimum Gasteiger partial charge on any atom is -0.227 e. The van der Waals surface area contributed by atoms with E-state index in [4.69, 9.17) is 0 Å². The Bertz CT molecular complexity index is 505. The van der Waals surface area contributed by atoms with E-state index in [-0.39, 0.29) is 0 Å². The molecule has 0 saturated carbocycles. The van der Waals surface area contributed by atoms with Gasteiger partial charge in [-0.25, -0.2) is 8.42 Å². The summed E-state index contributed by atoms with van der Waals surface area (Å²) >= 11 is 0. The highest BCUT2D eigenvalue weighted by Gasteiger charge is 1.97. The van der Waals surface area contributed by atoms with Gasteiger partial charge in [0.05, 0.1) is 4.90 Å². The Morgan fingerprint density at radius 3 is 1.87 bits per heavy atom. The van der Waals surface area contributed by atoms with Gasteiger partial charge in [-0.05, 0) is 29.3 Å². The summed E-state index contributed by atoms with van der Waals surface area (Å²) in [6.45, 7) is 0. The molecule has 0 amide bonds. The highest BCUT2D eigenvalue weighted by molar-refractivity contribution is 7.72. The molecule has 0 atom stereocenters. The highest BCUT2D eigenvalue weighted by atomic mass is 32.2. The maximum Gasteiger partial charge on any atom is 0.168 e. The smallest absolute Gasteiger partial charge is 0.168 e. The molecule has 1 radical (unpaired) electrons. The lowest BCUT2D eigenvalue weighted by Crippen LogP contribution is -1.81. The zero-order chi connectivity index (χ0) is 10.7. The van der Waals surface area contributed by atoms with E-state index in [2.05, 4.69) is 6.07 Å². The first kappa shape index (κ1) is 9.93. The molecule has 15 heavy (non-hydrogen) atoms. The second-order valence-corrected chi connectivity index (χ2v) is 4.12. The normalized spacial score (nSPS) is 10.5. The zero-order valence-corrected chi connectivity index (χ0v) is 8.78. The van der Waals surface area contributed by atoms with Crippen LogP contribution in [-0.2, 0) is 10.7 Å². The molecule has 2 rings (SSSR count). The van der Waals surface area contributed by atoms with Gasteiger partial charge in [-0.2, -0.15) is 0 Å². The van der Waals surface area contributed by atoms with Crippen molar-refractivity contribution >= 4 is 10.7 Å². The second kappa shape index (κ2) is 4.28. The predicted molar refractivity (Wildman–Crippen MR) is 59.3 cm³/mol. The Balaban J connectivity index is 2.40. The minimum absolute atomic E-state index is 0.344. The maximum atomic E-state index is 10.7. The lowest BCUT2D eigenvalue weighted by Gasteiger charge is -2.00. The van der Waals surface area contributed by atoms with Crippen molar-refractivity contribution in [2.24, 2.45) is 0 Å². The van der Waals surface area contributed by atoms with Crippen LogP contribution in [0.1, 0.15) is 0 Å². The average Bonchev–Trinajstić information content (AvgIpc) is 2.30. The molecule has 75 valence electrons. The van der Waals surface area contributed by atoms with Crippen molar-refractivity contribution in [2.75, 3.05) is 0 Å². The van der Waals surface area contributed by atoms with Crippen molar-refractivity contribution in [2.45, 2.75) is 4.90 Å². The zero-order valence-electron chi connectivity index (χ0n) is 7.88. The monoisotopic (exact) mass is 217 g/mol. The number of thiol groups is 1. The van der Waals surface area contributed by atoms with Gasteiger partial charge in [-0.3, -0.25) is 0 Å². The SMILES string of the molecule is O=[SH](=O)c1ccc(-c2cc[c]cc2)cc1. The van der Waals surface area contributed by atoms with Gasteiger partial charge in [0.15, 0.2) is 10.7 Å². The summed E-state index contributed by atoms with van der Waals surface area (Å²) in [5.41, 5.74) is 2.06. The first-order valence-electron chi connectivity index (χ1n) is 4.48. The van der Waals surface area contributed by atoms with Crippen molar-refractivity contribution in [1.29, 1.82) is 0 Å². The topological polar surface area (TPSA) is 34.1 Å². The summed E-state index contributed by atoms with van der Waals surface area (Å²) in [5, 5.41) is 0. The average molecular weight is 217 g/mol. The van der Waals surface area contributed by atoms with Crippen molar-refractivity contribution in [3.8, 4) is 11.1 Å². The van der Waals surface area contributed by atoms with Crippen LogP contribution in [0, 0.1) is 6.07 Å². The van der Waals surface area contributed by atoms with Crippen LogP contribution in [0.3, 0.4) is 0 Å². The molecule has 2 nitrogen and oxygen atoms in total. The standard InChI is InChI=1S/C12H9O2S/c13-15(14)12-8-6-11(7-9-12)10-4-2-1-3-5-10/h2-9,15H. The fourth-order valence-electron chi connectivity index (χ4n) is 1.35. The maximum absolute atomic E-state index is 10.7. The van der Waals surface area contributed by atoms with Crippen molar-refractivity contribution < 1.29 is 8.42 Å². The van der Waals surface area contributed by atoms with Gasteiger partial charge in [0, 0.05) is 0 Å². The van der Waals surface area contributed by atoms with Crippen LogP contribution in [0.5, 0.6) is 0 Å². The lowest BCUT2D eigenvalue weighted by molar-refractivity contribution is 0.614. The van der Waals surface area contributed by atoms with Crippen LogP contribution in [0.4, 0.5) is 0 Å². The summed E-state index contributed by atoms with van der Waals surface area (Å²) in [5.74, 6) is 0. The van der Waals surface area contributed by atoms with Gasteiger partial charge in [0.25, 0.3) is 0 Å².